The van der Waals surface area contributed by atoms with Gasteiger partial charge in [0.05, 0.1) is 6.10 Å². The van der Waals surface area contributed by atoms with Crippen LogP contribution in [0.1, 0.15) is 64.0 Å². The number of benzene rings is 1. The van der Waals surface area contributed by atoms with Crippen molar-refractivity contribution in [2.24, 2.45) is 0 Å². The fraction of sp³-hybridized carbons (Fsp3) is 0.684. The number of hydrogen-bond acceptors (Lipinski definition) is 2. The summed E-state index contributed by atoms with van der Waals surface area (Å²) in [7, 11) is 0. The standard InChI is InChI=1S/C19H31NO/c1-5-20(6-2)19(3,4)18(21)14-16-12-9-11-15-10-7-8-13-17(15)16/h7-8,10,13,16,18,21H,5-6,9,11-12,14H2,1-4H3. The molecule has 0 saturated heterocycles. The van der Waals surface area contributed by atoms with Gasteiger partial charge in [-0.3, -0.25) is 4.90 Å². The normalized spacial score (nSPS) is 20.4. The van der Waals surface area contributed by atoms with Gasteiger partial charge in [-0.05, 0) is 69.7 Å². The van der Waals surface area contributed by atoms with Gasteiger partial charge in [0.1, 0.15) is 0 Å². The average Bonchev–Trinajstić information content (AvgIpc) is 2.48. The summed E-state index contributed by atoms with van der Waals surface area (Å²) >= 11 is 0. The van der Waals surface area contributed by atoms with Crippen LogP contribution >= 0.6 is 0 Å². The molecule has 0 aromatic heterocycles. The van der Waals surface area contributed by atoms with Crippen LogP contribution in [0.3, 0.4) is 0 Å². The van der Waals surface area contributed by atoms with Crippen molar-refractivity contribution in [1.29, 1.82) is 0 Å². The van der Waals surface area contributed by atoms with E-state index in [9.17, 15) is 5.11 Å². The van der Waals surface area contributed by atoms with Gasteiger partial charge in [-0.2, -0.15) is 0 Å². The SMILES string of the molecule is CCN(CC)C(C)(C)C(O)CC1CCCc2ccccc21. The second kappa shape index (κ2) is 6.93. The van der Waals surface area contributed by atoms with Gasteiger partial charge in [0.25, 0.3) is 0 Å². The number of rotatable bonds is 6. The molecule has 0 aliphatic heterocycles. The largest absolute Gasteiger partial charge is 0.391 e. The lowest BCUT2D eigenvalue weighted by Gasteiger charge is -2.42. The Morgan fingerprint density at radius 1 is 1.24 bits per heavy atom. The molecule has 2 heteroatoms. The number of likely N-dealkylation sites (N-methyl/N-ethyl adjacent to an activating group) is 1. The molecule has 0 spiro atoms. The fourth-order valence-corrected chi connectivity index (χ4v) is 3.91. The summed E-state index contributed by atoms with van der Waals surface area (Å²) in [6.07, 6.45) is 4.25. The Bertz CT molecular complexity index is 451. The van der Waals surface area contributed by atoms with Crippen LogP contribution < -0.4 is 0 Å². The van der Waals surface area contributed by atoms with Crippen molar-refractivity contribution in [1.82, 2.24) is 4.90 Å². The molecule has 0 bridgehead atoms. The molecule has 118 valence electrons. The molecule has 0 radical (unpaired) electrons. The molecule has 1 aromatic carbocycles. The zero-order chi connectivity index (χ0) is 15.5. The molecule has 1 aliphatic carbocycles. The highest BCUT2D eigenvalue weighted by Gasteiger charge is 2.35. The van der Waals surface area contributed by atoms with Crippen molar-refractivity contribution < 1.29 is 5.11 Å². The molecule has 2 rings (SSSR count). The first-order valence-electron chi connectivity index (χ1n) is 8.51. The first kappa shape index (κ1) is 16.5. The molecule has 1 N–H and O–H groups in total. The highest BCUT2D eigenvalue weighted by atomic mass is 16.3. The zero-order valence-corrected chi connectivity index (χ0v) is 14.1. The summed E-state index contributed by atoms with van der Waals surface area (Å²) in [6, 6.07) is 8.79. The molecule has 2 nitrogen and oxygen atoms in total. The molecule has 0 saturated carbocycles. The summed E-state index contributed by atoms with van der Waals surface area (Å²) < 4.78 is 0. The Hall–Kier alpha value is -0.860. The fourth-order valence-electron chi connectivity index (χ4n) is 3.91. The highest BCUT2D eigenvalue weighted by molar-refractivity contribution is 5.32. The van der Waals surface area contributed by atoms with E-state index in [1.807, 2.05) is 0 Å². The van der Waals surface area contributed by atoms with Crippen LogP contribution in [0.5, 0.6) is 0 Å². The minimum Gasteiger partial charge on any atom is -0.391 e. The van der Waals surface area contributed by atoms with Crippen LogP contribution in [0, 0.1) is 0 Å². The number of aryl methyl sites for hydroxylation is 1. The zero-order valence-electron chi connectivity index (χ0n) is 14.1. The smallest absolute Gasteiger partial charge is 0.0724 e. The minimum absolute atomic E-state index is 0.157. The number of nitrogens with zero attached hydrogens (tertiary/aromatic N) is 1. The molecule has 0 amide bonds. The lowest BCUT2D eigenvalue weighted by atomic mass is 9.77. The Kier molecular flexibility index (Phi) is 5.45. The highest BCUT2D eigenvalue weighted by Crippen LogP contribution is 2.37. The molecule has 0 fully saturated rings. The van der Waals surface area contributed by atoms with Crippen molar-refractivity contribution in [2.45, 2.75) is 70.9 Å². The van der Waals surface area contributed by atoms with Crippen molar-refractivity contribution in [2.75, 3.05) is 13.1 Å². The van der Waals surface area contributed by atoms with E-state index < -0.39 is 0 Å². The summed E-state index contributed by atoms with van der Waals surface area (Å²) in [6.45, 7) is 10.7. The van der Waals surface area contributed by atoms with Crippen LogP contribution in [0.4, 0.5) is 0 Å². The molecular weight excluding hydrogens is 258 g/mol. The van der Waals surface area contributed by atoms with E-state index in [2.05, 4.69) is 56.9 Å². The maximum atomic E-state index is 10.8. The van der Waals surface area contributed by atoms with Gasteiger partial charge in [-0.25, -0.2) is 0 Å². The Morgan fingerprint density at radius 3 is 2.57 bits per heavy atom. The lowest BCUT2D eigenvalue weighted by molar-refractivity contribution is -0.0136. The van der Waals surface area contributed by atoms with Crippen LogP contribution in [-0.4, -0.2) is 34.7 Å². The average molecular weight is 289 g/mol. The third kappa shape index (κ3) is 3.49. The van der Waals surface area contributed by atoms with Crippen molar-refractivity contribution in [3.63, 3.8) is 0 Å². The second-order valence-corrected chi connectivity index (χ2v) is 6.87. The van der Waals surface area contributed by atoms with Gasteiger partial charge >= 0.3 is 0 Å². The predicted octanol–water partition coefficient (Wildman–Crippen LogP) is 3.98. The third-order valence-electron chi connectivity index (χ3n) is 5.40. The van der Waals surface area contributed by atoms with Crippen molar-refractivity contribution >= 4 is 0 Å². The maximum Gasteiger partial charge on any atom is 0.0724 e. The van der Waals surface area contributed by atoms with Gasteiger partial charge in [-0.1, -0.05) is 38.1 Å². The Labute approximate surface area is 130 Å². The summed E-state index contributed by atoms with van der Waals surface area (Å²) in [4.78, 5) is 2.37. The lowest BCUT2D eigenvalue weighted by Crippen LogP contribution is -2.52. The summed E-state index contributed by atoms with van der Waals surface area (Å²) in [5.41, 5.74) is 2.80. The van der Waals surface area contributed by atoms with Crippen LogP contribution in [0.2, 0.25) is 0 Å². The van der Waals surface area contributed by atoms with Gasteiger partial charge in [0.15, 0.2) is 0 Å². The molecule has 2 atom stereocenters. The topological polar surface area (TPSA) is 23.5 Å². The summed E-state index contributed by atoms with van der Waals surface area (Å²) in [5.74, 6) is 0.514. The maximum absolute atomic E-state index is 10.8. The molecule has 0 heterocycles. The Balaban J connectivity index is 2.12. The van der Waals surface area contributed by atoms with Gasteiger partial charge < -0.3 is 5.11 Å². The Morgan fingerprint density at radius 2 is 1.90 bits per heavy atom. The van der Waals surface area contributed by atoms with E-state index in [-0.39, 0.29) is 11.6 Å². The first-order chi connectivity index (χ1) is 10.0. The molecular formula is C19H31NO. The van der Waals surface area contributed by atoms with Gasteiger partial charge in [-0.15, -0.1) is 0 Å². The monoisotopic (exact) mass is 289 g/mol. The number of aliphatic hydroxyl groups is 1. The van der Waals surface area contributed by atoms with Crippen LogP contribution in [0.15, 0.2) is 24.3 Å². The quantitative estimate of drug-likeness (QED) is 0.856. The van der Waals surface area contributed by atoms with Gasteiger partial charge in [0.2, 0.25) is 0 Å². The minimum atomic E-state index is -0.284. The van der Waals surface area contributed by atoms with E-state index in [1.54, 1.807) is 0 Å². The number of fused-ring (bicyclic) bond motifs is 1. The van der Waals surface area contributed by atoms with E-state index in [0.29, 0.717) is 5.92 Å². The van der Waals surface area contributed by atoms with Crippen molar-refractivity contribution in [3.8, 4) is 0 Å². The summed E-state index contributed by atoms with van der Waals surface area (Å²) in [5, 5.41) is 10.8. The second-order valence-electron chi connectivity index (χ2n) is 6.87. The number of hydrogen-bond donors (Lipinski definition) is 1. The van der Waals surface area contributed by atoms with Crippen LogP contribution in [0.25, 0.3) is 0 Å². The molecule has 1 aromatic rings. The van der Waals surface area contributed by atoms with E-state index in [1.165, 1.54) is 30.4 Å². The molecule has 2 unspecified atom stereocenters. The number of aliphatic hydroxyl groups excluding tert-OH is 1. The van der Waals surface area contributed by atoms with Crippen molar-refractivity contribution in [3.05, 3.63) is 35.4 Å². The van der Waals surface area contributed by atoms with Crippen LogP contribution in [-0.2, 0) is 6.42 Å². The molecule has 1 aliphatic rings. The van der Waals surface area contributed by atoms with E-state index >= 15 is 0 Å². The first-order valence-corrected chi connectivity index (χ1v) is 8.51. The predicted molar refractivity (Wildman–Crippen MR) is 89.7 cm³/mol. The van der Waals surface area contributed by atoms with E-state index in [4.69, 9.17) is 0 Å². The van der Waals surface area contributed by atoms with E-state index in [0.717, 1.165) is 19.5 Å². The molecule has 21 heavy (non-hydrogen) atoms. The third-order valence-corrected chi connectivity index (χ3v) is 5.40. The van der Waals surface area contributed by atoms with Gasteiger partial charge in [0, 0.05) is 5.54 Å².